The summed E-state index contributed by atoms with van der Waals surface area (Å²) in [6, 6.07) is 14.3. The zero-order valence-electron chi connectivity index (χ0n) is 17.7. The predicted octanol–water partition coefficient (Wildman–Crippen LogP) is 5.35. The Balaban J connectivity index is 1.70. The van der Waals surface area contributed by atoms with Crippen LogP contribution in [0, 0.1) is 0 Å². The van der Waals surface area contributed by atoms with Crippen LogP contribution in [0.3, 0.4) is 0 Å². The van der Waals surface area contributed by atoms with E-state index in [0.29, 0.717) is 17.3 Å². The lowest BCUT2D eigenvalue weighted by Gasteiger charge is -2.31. The van der Waals surface area contributed by atoms with Gasteiger partial charge in [0.15, 0.2) is 6.61 Å². The fourth-order valence-electron chi connectivity index (χ4n) is 3.72. The normalized spacial score (nSPS) is 15.2. The lowest BCUT2D eigenvalue weighted by Crippen LogP contribution is -2.51. The lowest BCUT2D eigenvalue weighted by molar-refractivity contribution is -0.142. The summed E-state index contributed by atoms with van der Waals surface area (Å²) in [7, 11) is 0. The molecule has 7 heteroatoms. The Morgan fingerprint density at radius 3 is 2.48 bits per heavy atom. The Kier molecular flexibility index (Phi) is 8.79. The van der Waals surface area contributed by atoms with Gasteiger partial charge < -0.3 is 15.0 Å². The minimum absolute atomic E-state index is 0.130. The van der Waals surface area contributed by atoms with Crippen molar-refractivity contribution in [3.8, 4) is 5.75 Å². The van der Waals surface area contributed by atoms with Gasteiger partial charge in [0.05, 0.1) is 5.02 Å². The molecule has 1 fully saturated rings. The van der Waals surface area contributed by atoms with Crippen molar-refractivity contribution in [2.24, 2.45) is 0 Å². The summed E-state index contributed by atoms with van der Waals surface area (Å²) >= 11 is 9.56. The topological polar surface area (TPSA) is 58.6 Å². The van der Waals surface area contributed by atoms with Crippen LogP contribution in [0.5, 0.6) is 5.75 Å². The zero-order valence-corrected chi connectivity index (χ0v) is 20.0. The standard InChI is InChI=1S/C24H28BrClN2O3/c1-17(24(30)27-20-7-3-2-4-8-20)28(15-18-11-13-19(25)14-12-18)23(29)16-31-22-10-6-5-9-21(22)26/h5-6,9-14,17,20H,2-4,7-8,15-16H2,1H3,(H,27,30)/t17-/m1/s1. The Bertz CT molecular complexity index is 885. The van der Waals surface area contributed by atoms with E-state index in [1.807, 2.05) is 24.3 Å². The van der Waals surface area contributed by atoms with Crippen molar-refractivity contribution in [1.29, 1.82) is 0 Å². The molecule has 31 heavy (non-hydrogen) atoms. The molecule has 1 saturated carbocycles. The van der Waals surface area contributed by atoms with Gasteiger partial charge in [0.25, 0.3) is 5.91 Å². The molecule has 2 aromatic carbocycles. The van der Waals surface area contributed by atoms with Crippen molar-refractivity contribution in [3.63, 3.8) is 0 Å². The minimum atomic E-state index is -0.618. The van der Waals surface area contributed by atoms with Gasteiger partial charge in [-0.3, -0.25) is 9.59 Å². The van der Waals surface area contributed by atoms with Crippen molar-refractivity contribution in [1.82, 2.24) is 10.2 Å². The van der Waals surface area contributed by atoms with Gasteiger partial charge in [0.1, 0.15) is 11.8 Å². The van der Waals surface area contributed by atoms with Crippen molar-refractivity contribution in [2.45, 2.75) is 57.7 Å². The maximum absolute atomic E-state index is 13.1. The molecule has 1 N–H and O–H groups in total. The second-order valence-electron chi connectivity index (χ2n) is 7.89. The first kappa shape index (κ1) is 23.6. The van der Waals surface area contributed by atoms with Crippen molar-refractivity contribution in [3.05, 3.63) is 63.6 Å². The van der Waals surface area contributed by atoms with Gasteiger partial charge >= 0.3 is 0 Å². The number of carbonyl (C=O) groups excluding carboxylic acids is 2. The van der Waals surface area contributed by atoms with Crippen LogP contribution in [-0.4, -0.2) is 35.4 Å². The second-order valence-corrected chi connectivity index (χ2v) is 9.21. The van der Waals surface area contributed by atoms with Gasteiger partial charge in [-0.25, -0.2) is 0 Å². The summed E-state index contributed by atoms with van der Waals surface area (Å²) in [5, 5.41) is 3.57. The maximum atomic E-state index is 13.1. The van der Waals surface area contributed by atoms with Crippen LogP contribution in [-0.2, 0) is 16.1 Å². The predicted molar refractivity (Wildman–Crippen MR) is 126 cm³/mol. The summed E-state index contributed by atoms with van der Waals surface area (Å²) in [5.41, 5.74) is 0.937. The molecule has 0 unspecified atom stereocenters. The van der Waals surface area contributed by atoms with E-state index in [1.54, 1.807) is 36.1 Å². The average Bonchev–Trinajstić information content (AvgIpc) is 2.78. The summed E-state index contributed by atoms with van der Waals surface area (Å²) in [5.74, 6) is 0.0460. The molecule has 166 valence electrons. The molecular weight excluding hydrogens is 480 g/mol. The smallest absolute Gasteiger partial charge is 0.261 e. The van der Waals surface area contributed by atoms with Crippen LogP contribution in [0.2, 0.25) is 5.02 Å². The van der Waals surface area contributed by atoms with Crippen LogP contribution in [0.25, 0.3) is 0 Å². The van der Waals surface area contributed by atoms with Gasteiger partial charge in [0, 0.05) is 17.1 Å². The number of benzene rings is 2. The van der Waals surface area contributed by atoms with Gasteiger partial charge in [-0.05, 0) is 49.6 Å². The van der Waals surface area contributed by atoms with Crippen molar-refractivity contribution >= 4 is 39.3 Å². The molecule has 1 aliphatic carbocycles. The summed E-state index contributed by atoms with van der Waals surface area (Å²) in [6.45, 7) is 1.89. The third kappa shape index (κ3) is 6.97. The SMILES string of the molecule is C[C@H](C(=O)NC1CCCCC1)N(Cc1ccc(Br)cc1)C(=O)COc1ccccc1Cl. The van der Waals surface area contributed by atoms with E-state index < -0.39 is 6.04 Å². The number of para-hydroxylation sites is 1. The molecule has 5 nitrogen and oxygen atoms in total. The van der Waals surface area contributed by atoms with Crippen LogP contribution in [0.1, 0.15) is 44.6 Å². The molecular formula is C24H28BrClN2O3. The quantitative estimate of drug-likeness (QED) is 0.524. The summed E-state index contributed by atoms with van der Waals surface area (Å²) < 4.78 is 6.61. The number of carbonyl (C=O) groups is 2. The molecule has 3 rings (SSSR count). The largest absolute Gasteiger partial charge is 0.482 e. The fraction of sp³-hybridized carbons (Fsp3) is 0.417. The average molecular weight is 508 g/mol. The third-order valence-corrected chi connectivity index (χ3v) is 6.41. The Labute approximate surface area is 197 Å². The number of halogens is 2. The number of hydrogen-bond acceptors (Lipinski definition) is 3. The number of amides is 2. The molecule has 0 aliphatic heterocycles. The van der Waals surface area contributed by atoms with Crippen molar-refractivity contribution in [2.75, 3.05) is 6.61 Å². The number of ether oxygens (including phenoxy) is 1. The van der Waals surface area contributed by atoms with Gasteiger partial charge in [0.2, 0.25) is 5.91 Å². The number of rotatable bonds is 8. The highest BCUT2D eigenvalue weighted by Gasteiger charge is 2.28. The highest BCUT2D eigenvalue weighted by molar-refractivity contribution is 9.10. The van der Waals surface area contributed by atoms with Crippen LogP contribution >= 0.6 is 27.5 Å². The number of nitrogens with one attached hydrogen (secondary N) is 1. The molecule has 2 aromatic rings. The van der Waals surface area contributed by atoms with Crippen LogP contribution < -0.4 is 10.1 Å². The number of nitrogens with zero attached hydrogens (tertiary/aromatic N) is 1. The first-order valence-corrected chi connectivity index (χ1v) is 11.8. The fourth-order valence-corrected chi connectivity index (χ4v) is 4.18. The molecule has 0 heterocycles. The molecule has 1 atom stereocenters. The lowest BCUT2D eigenvalue weighted by atomic mass is 9.95. The molecule has 0 aromatic heterocycles. The van der Waals surface area contributed by atoms with E-state index in [9.17, 15) is 9.59 Å². The van der Waals surface area contributed by atoms with Gasteiger partial charge in [-0.15, -0.1) is 0 Å². The molecule has 0 bridgehead atoms. The van der Waals surface area contributed by atoms with E-state index in [0.717, 1.165) is 35.7 Å². The van der Waals surface area contributed by atoms with E-state index in [2.05, 4.69) is 21.2 Å². The molecule has 0 saturated heterocycles. The third-order valence-electron chi connectivity index (χ3n) is 5.57. The molecule has 0 radical (unpaired) electrons. The van der Waals surface area contributed by atoms with E-state index in [-0.39, 0.29) is 24.5 Å². The second kappa shape index (κ2) is 11.5. The van der Waals surface area contributed by atoms with E-state index >= 15 is 0 Å². The highest BCUT2D eigenvalue weighted by Crippen LogP contribution is 2.23. The number of hydrogen-bond donors (Lipinski definition) is 1. The van der Waals surface area contributed by atoms with Crippen LogP contribution in [0.15, 0.2) is 53.0 Å². The summed E-state index contributed by atoms with van der Waals surface area (Å²) in [6.07, 6.45) is 5.47. The Hall–Kier alpha value is -2.05. The first-order chi connectivity index (χ1) is 14.9. The molecule has 1 aliphatic rings. The zero-order chi connectivity index (χ0) is 22.2. The van der Waals surface area contributed by atoms with E-state index in [1.165, 1.54) is 6.42 Å². The van der Waals surface area contributed by atoms with Crippen molar-refractivity contribution < 1.29 is 14.3 Å². The summed E-state index contributed by atoms with van der Waals surface area (Å²) in [4.78, 5) is 27.6. The monoisotopic (exact) mass is 506 g/mol. The highest BCUT2D eigenvalue weighted by atomic mass is 79.9. The first-order valence-electron chi connectivity index (χ1n) is 10.7. The maximum Gasteiger partial charge on any atom is 0.261 e. The van der Waals surface area contributed by atoms with Gasteiger partial charge in [-0.1, -0.05) is 71.1 Å². The molecule has 2 amide bonds. The van der Waals surface area contributed by atoms with E-state index in [4.69, 9.17) is 16.3 Å². The molecule has 0 spiro atoms. The Morgan fingerprint density at radius 2 is 1.81 bits per heavy atom. The van der Waals surface area contributed by atoms with Crippen LogP contribution in [0.4, 0.5) is 0 Å². The Morgan fingerprint density at radius 1 is 1.13 bits per heavy atom. The van der Waals surface area contributed by atoms with Gasteiger partial charge in [-0.2, -0.15) is 0 Å². The minimum Gasteiger partial charge on any atom is -0.482 e.